The van der Waals surface area contributed by atoms with Gasteiger partial charge < -0.3 is 15.6 Å². The molecule has 1 aromatic heterocycles. The average Bonchev–Trinajstić information content (AvgIpc) is 3.27. The lowest BCUT2D eigenvalue weighted by molar-refractivity contribution is -0.118. The highest BCUT2D eigenvalue weighted by Gasteiger charge is 2.46. The van der Waals surface area contributed by atoms with E-state index in [0.29, 0.717) is 12.8 Å². The standard InChI is InChI=1S/C17H20FN5O.2ClH/c18-12-6-5-11(10-13(12)20-16(24)17(19)7-8-17)15-22-21-14-4-2-1-3-9-23(14)15;;/h5-6,10H,1-4,7-9,19H2,(H,20,24);2*1H. The van der Waals surface area contributed by atoms with Gasteiger partial charge >= 0.3 is 0 Å². The van der Waals surface area contributed by atoms with Crippen molar-refractivity contribution in [2.45, 2.75) is 50.6 Å². The van der Waals surface area contributed by atoms with Crippen molar-refractivity contribution in [3.63, 3.8) is 0 Å². The molecule has 142 valence electrons. The number of aromatic nitrogens is 3. The van der Waals surface area contributed by atoms with Crippen molar-refractivity contribution in [2.75, 3.05) is 5.32 Å². The number of nitrogens with one attached hydrogen (secondary N) is 1. The van der Waals surface area contributed by atoms with E-state index in [1.807, 2.05) is 0 Å². The predicted octanol–water partition coefficient (Wildman–Crippen LogP) is 3.08. The number of halogens is 3. The number of rotatable bonds is 3. The number of fused-ring (bicyclic) bond motifs is 1. The van der Waals surface area contributed by atoms with Gasteiger partial charge in [-0.3, -0.25) is 4.79 Å². The van der Waals surface area contributed by atoms with Crippen molar-refractivity contribution in [2.24, 2.45) is 5.73 Å². The molecular weight excluding hydrogens is 380 g/mol. The van der Waals surface area contributed by atoms with E-state index in [4.69, 9.17) is 5.73 Å². The van der Waals surface area contributed by atoms with Crippen LogP contribution >= 0.6 is 24.8 Å². The lowest BCUT2D eigenvalue weighted by atomic mass is 10.1. The first kappa shape index (κ1) is 20.6. The first-order chi connectivity index (χ1) is 11.6. The van der Waals surface area contributed by atoms with Crippen LogP contribution in [0.2, 0.25) is 0 Å². The molecular formula is C17H22Cl2FN5O. The van der Waals surface area contributed by atoms with Crippen molar-refractivity contribution in [3.05, 3.63) is 29.8 Å². The summed E-state index contributed by atoms with van der Waals surface area (Å²) in [6.45, 7) is 0.864. The van der Waals surface area contributed by atoms with Gasteiger partial charge in [0, 0.05) is 18.5 Å². The molecule has 0 bridgehead atoms. The maximum atomic E-state index is 14.1. The second kappa shape index (κ2) is 7.90. The Bertz CT molecular complexity index is 806. The summed E-state index contributed by atoms with van der Waals surface area (Å²) in [5, 5.41) is 11.2. The lowest BCUT2D eigenvalue weighted by Gasteiger charge is -2.12. The molecule has 1 aromatic carbocycles. The van der Waals surface area contributed by atoms with Crippen molar-refractivity contribution >= 4 is 36.4 Å². The molecule has 2 aliphatic rings. The molecule has 1 aliphatic heterocycles. The van der Waals surface area contributed by atoms with Crippen LogP contribution in [0.5, 0.6) is 0 Å². The van der Waals surface area contributed by atoms with E-state index in [-0.39, 0.29) is 36.4 Å². The van der Waals surface area contributed by atoms with Crippen LogP contribution < -0.4 is 11.1 Å². The van der Waals surface area contributed by atoms with E-state index >= 15 is 0 Å². The van der Waals surface area contributed by atoms with Gasteiger partial charge in [0.05, 0.1) is 11.2 Å². The van der Waals surface area contributed by atoms with Crippen LogP contribution in [0.1, 0.15) is 37.9 Å². The van der Waals surface area contributed by atoms with Gasteiger partial charge in [-0.1, -0.05) is 6.42 Å². The Morgan fingerprint density at radius 3 is 2.69 bits per heavy atom. The number of hydrogen-bond donors (Lipinski definition) is 2. The molecule has 2 aromatic rings. The van der Waals surface area contributed by atoms with Gasteiger partial charge in [0.15, 0.2) is 5.82 Å². The average molecular weight is 402 g/mol. The molecule has 1 saturated carbocycles. The fourth-order valence-electron chi connectivity index (χ4n) is 3.07. The minimum Gasteiger partial charge on any atom is -0.322 e. The van der Waals surface area contributed by atoms with Crippen LogP contribution in [0.25, 0.3) is 11.4 Å². The Morgan fingerprint density at radius 1 is 1.19 bits per heavy atom. The summed E-state index contributed by atoms with van der Waals surface area (Å²) in [6, 6.07) is 4.63. The summed E-state index contributed by atoms with van der Waals surface area (Å²) in [6.07, 6.45) is 5.55. The highest BCUT2D eigenvalue weighted by molar-refractivity contribution is 6.00. The minimum atomic E-state index is -0.839. The zero-order valence-corrected chi connectivity index (χ0v) is 15.8. The number of hydrogen-bond acceptors (Lipinski definition) is 4. The molecule has 26 heavy (non-hydrogen) atoms. The molecule has 0 spiro atoms. The van der Waals surface area contributed by atoms with Crippen molar-refractivity contribution < 1.29 is 9.18 Å². The highest BCUT2D eigenvalue weighted by atomic mass is 35.5. The number of carbonyl (C=O) groups excluding carboxylic acids is 1. The zero-order chi connectivity index (χ0) is 16.7. The smallest absolute Gasteiger partial charge is 0.244 e. The largest absolute Gasteiger partial charge is 0.322 e. The SMILES string of the molecule is Cl.Cl.NC1(C(=O)Nc2cc(-c3nnc4n3CCCCC4)ccc2F)CC1. The minimum absolute atomic E-state index is 0. The van der Waals surface area contributed by atoms with Crippen LogP contribution in [0.4, 0.5) is 10.1 Å². The molecule has 0 radical (unpaired) electrons. The summed E-state index contributed by atoms with van der Waals surface area (Å²) in [7, 11) is 0. The fourth-order valence-corrected chi connectivity index (χ4v) is 3.07. The van der Waals surface area contributed by atoms with Gasteiger partial charge in [-0.2, -0.15) is 0 Å². The molecule has 0 saturated heterocycles. The molecule has 1 aliphatic carbocycles. The Balaban J connectivity index is 0.00000121. The fraction of sp³-hybridized carbons (Fsp3) is 0.471. The third-order valence-electron chi connectivity index (χ3n) is 4.82. The molecule has 3 N–H and O–H groups in total. The van der Waals surface area contributed by atoms with E-state index in [1.165, 1.54) is 12.5 Å². The summed E-state index contributed by atoms with van der Waals surface area (Å²) in [4.78, 5) is 12.1. The van der Waals surface area contributed by atoms with Gasteiger partial charge in [0.1, 0.15) is 11.6 Å². The first-order valence-electron chi connectivity index (χ1n) is 8.39. The number of anilines is 1. The van der Waals surface area contributed by atoms with Crippen LogP contribution in [-0.4, -0.2) is 26.2 Å². The van der Waals surface area contributed by atoms with Crippen molar-refractivity contribution in [3.8, 4) is 11.4 Å². The molecule has 2 heterocycles. The number of amides is 1. The maximum Gasteiger partial charge on any atom is 0.244 e. The second-order valence-corrected chi connectivity index (χ2v) is 6.71. The Kier molecular flexibility index (Phi) is 6.26. The topological polar surface area (TPSA) is 85.8 Å². The molecule has 6 nitrogen and oxygen atoms in total. The van der Waals surface area contributed by atoms with Gasteiger partial charge in [-0.15, -0.1) is 35.0 Å². The summed E-state index contributed by atoms with van der Waals surface area (Å²) >= 11 is 0. The van der Waals surface area contributed by atoms with Gasteiger partial charge in [-0.05, 0) is 43.9 Å². The third-order valence-corrected chi connectivity index (χ3v) is 4.82. The van der Waals surface area contributed by atoms with Gasteiger partial charge in [-0.25, -0.2) is 4.39 Å². The van der Waals surface area contributed by atoms with E-state index in [2.05, 4.69) is 20.1 Å². The van der Waals surface area contributed by atoms with Crippen molar-refractivity contribution in [1.29, 1.82) is 0 Å². The molecule has 0 unspecified atom stereocenters. The summed E-state index contributed by atoms with van der Waals surface area (Å²) in [5.41, 5.74) is 5.91. The van der Waals surface area contributed by atoms with Crippen molar-refractivity contribution in [1.82, 2.24) is 14.8 Å². The lowest BCUT2D eigenvalue weighted by Crippen LogP contribution is -2.38. The van der Waals surface area contributed by atoms with Crippen LogP contribution in [0.15, 0.2) is 18.2 Å². The van der Waals surface area contributed by atoms with E-state index < -0.39 is 11.4 Å². The summed E-state index contributed by atoms with van der Waals surface area (Å²) < 4.78 is 16.2. The summed E-state index contributed by atoms with van der Waals surface area (Å²) in [5.74, 6) is 0.873. The number of carbonyl (C=O) groups is 1. The Labute approximate surface area is 163 Å². The maximum absolute atomic E-state index is 14.1. The van der Waals surface area contributed by atoms with E-state index in [0.717, 1.165) is 43.0 Å². The molecule has 4 rings (SSSR count). The Morgan fingerprint density at radius 2 is 1.96 bits per heavy atom. The van der Waals surface area contributed by atoms with E-state index in [1.54, 1.807) is 12.1 Å². The molecule has 0 atom stereocenters. The third kappa shape index (κ3) is 3.84. The molecule has 9 heteroatoms. The van der Waals surface area contributed by atoms with Crippen LogP contribution in [0.3, 0.4) is 0 Å². The Hall–Kier alpha value is -1.70. The molecule has 1 fully saturated rings. The number of nitrogens with zero attached hydrogens (tertiary/aromatic N) is 3. The van der Waals surface area contributed by atoms with E-state index in [9.17, 15) is 9.18 Å². The number of aryl methyl sites for hydroxylation is 1. The normalized spacial score (nSPS) is 17.2. The van der Waals surface area contributed by atoms with Gasteiger partial charge in [0.2, 0.25) is 5.91 Å². The zero-order valence-electron chi connectivity index (χ0n) is 14.2. The van der Waals surface area contributed by atoms with Crippen LogP contribution in [0, 0.1) is 5.82 Å². The molecule has 1 amide bonds. The second-order valence-electron chi connectivity index (χ2n) is 6.71. The predicted molar refractivity (Wildman–Crippen MR) is 102 cm³/mol. The highest BCUT2D eigenvalue weighted by Crippen LogP contribution is 2.34. The monoisotopic (exact) mass is 401 g/mol. The van der Waals surface area contributed by atoms with Gasteiger partial charge in [0.25, 0.3) is 0 Å². The van der Waals surface area contributed by atoms with Crippen LogP contribution in [-0.2, 0) is 17.8 Å². The number of benzene rings is 1. The number of nitrogens with two attached hydrogens (primary N) is 1. The quantitative estimate of drug-likeness (QED) is 0.826. The first-order valence-corrected chi connectivity index (χ1v) is 8.39.